The van der Waals surface area contributed by atoms with Crippen molar-refractivity contribution in [1.29, 1.82) is 0 Å². The smallest absolute Gasteiger partial charge is 0.286 e. The van der Waals surface area contributed by atoms with Crippen LogP contribution in [-0.4, -0.2) is 76.6 Å². The SMILES string of the molecule is O=c1[nH]ncc(OC[C@H]2CC[C@@H](CCN3CCN(c4ncc(Cl)cn4)CC3)O2)c1Cl. The van der Waals surface area contributed by atoms with E-state index in [1.165, 1.54) is 6.20 Å². The summed E-state index contributed by atoms with van der Waals surface area (Å²) in [5.74, 6) is 1.02. The van der Waals surface area contributed by atoms with Crippen LogP contribution in [0.5, 0.6) is 5.75 Å². The predicted octanol–water partition coefficient (Wildman–Crippen LogP) is 2.01. The zero-order valence-electron chi connectivity index (χ0n) is 16.5. The molecule has 0 unspecified atom stereocenters. The van der Waals surface area contributed by atoms with Gasteiger partial charge in [-0.1, -0.05) is 23.2 Å². The number of aromatic nitrogens is 4. The van der Waals surface area contributed by atoms with Gasteiger partial charge in [-0.3, -0.25) is 9.69 Å². The van der Waals surface area contributed by atoms with E-state index < -0.39 is 5.56 Å². The van der Waals surface area contributed by atoms with Crippen LogP contribution < -0.4 is 15.2 Å². The highest BCUT2D eigenvalue weighted by Crippen LogP contribution is 2.25. The van der Waals surface area contributed by atoms with E-state index in [9.17, 15) is 4.79 Å². The van der Waals surface area contributed by atoms with Crippen molar-refractivity contribution < 1.29 is 9.47 Å². The Hall–Kier alpha value is -1.94. The Kier molecular flexibility index (Phi) is 7.04. The number of piperazine rings is 1. The van der Waals surface area contributed by atoms with Crippen LogP contribution in [0.1, 0.15) is 19.3 Å². The molecule has 162 valence electrons. The Bertz CT molecular complexity index is 889. The molecule has 1 N–H and O–H groups in total. The summed E-state index contributed by atoms with van der Waals surface area (Å²) in [6.45, 7) is 5.10. The van der Waals surface area contributed by atoms with Gasteiger partial charge in [0.15, 0.2) is 10.8 Å². The number of rotatable bonds is 7. The predicted molar refractivity (Wildman–Crippen MR) is 114 cm³/mol. The number of hydrogen-bond acceptors (Lipinski definition) is 8. The number of aromatic amines is 1. The minimum Gasteiger partial charge on any atom is -0.487 e. The highest BCUT2D eigenvalue weighted by Gasteiger charge is 2.27. The molecule has 9 nitrogen and oxygen atoms in total. The molecule has 2 aliphatic rings. The summed E-state index contributed by atoms with van der Waals surface area (Å²) in [5, 5.41) is 6.54. The Morgan fingerprint density at radius 1 is 1.10 bits per heavy atom. The molecule has 2 aromatic rings. The quantitative estimate of drug-likeness (QED) is 0.678. The minimum absolute atomic E-state index is 0.00394. The molecule has 4 rings (SSSR count). The van der Waals surface area contributed by atoms with Gasteiger partial charge in [-0.2, -0.15) is 5.10 Å². The van der Waals surface area contributed by atoms with E-state index in [1.807, 2.05) is 0 Å². The average Bonchev–Trinajstić information content (AvgIpc) is 3.22. The molecule has 0 radical (unpaired) electrons. The molecule has 0 aliphatic carbocycles. The third-order valence-corrected chi connectivity index (χ3v) is 5.97. The Morgan fingerprint density at radius 3 is 2.60 bits per heavy atom. The van der Waals surface area contributed by atoms with Crippen molar-refractivity contribution in [3.05, 3.63) is 39.0 Å². The van der Waals surface area contributed by atoms with E-state index in [4.69, 9.17) is 32.7 Å². The van der Waals surface area contributed by atoms with Gasteiger partial charge in [0.2, 0.25) is 5.95 Å². The topological polar surface area (TPSA) is 96.5 Å². The number of nitrogens with one attached hydrogen (secondary N) is 1. The van der Waals surface area contributed by atoms with Crippen molar-refractivity contribution in [2.75, 3.05) is 44.2 Å². The zero-order valence-corrected chi connectivity index (χ0v) is 18.0. The van der Waals surface area contributed by atoms with Crippen LogP contribution in [0.4, 0.5) is 5.95 Å². The van der Waals surface area contributed by atoms with Gasteiger partial charge in [0.1, 0.15) is 6.61 Å². The third-order valence-electron chi connectivity index (χ3n) is 5.41. The second-order valence-electron chi connectivity index (χ2n) is 7.46. The van der Waals surface area contributed by atoms with Crippen molar-refractivity contribution in [3.8, 4) is 5.75 Å². The summed E-state index contributed by atoms with van der Waals surface area (Å²) in [7, 11) is 0. The summed E-state index contributed by atoms with van der Waals surface area (Å²) < 4.78 is 11.7. The summed E-state index contributed by atoms with van der Waals surface area (Å²) in [4.78, 5) is 24.7. The molecule has 2 saturated heterocycles. The molecule has 11 heteroatoms. The van der Waals surface area contributed by atoms with Crippen molar-refractivity contribution in [3.63, 3.8) is 0 Å². The average molecular weight is 455 g/mol. The lowest BCUT2D eigenvalue weighted by Gasteiger charge is -2.35. The number of halogens is 2. The summed E-state index contributed by atoms with van der Waals surface area (Å²) in [6, 6.07) is 0. The van der Waals surface area contributed by atoms with E-state index in [2.05, 4.69) is 30.0 Å². The van der Waals surface area contributed by atoms with Gasteiger partial charge in [-0.25, -0.2) is 15.1 Å². The van der Waals surface area contributed by atoms with Crippen LogP contribution in [0.25, 0.3) is 0 Å². The standard InChI is InChI=1S/C19H24Cl2N6O3/c20-13-9-22-19(23-10-13)27-7-5-26(6-8-27)4-3-14-1-2-15(30-14)12-29-16-11-24-25-18(28)17(16)21/h9-11,14-15H,1-8,12H2,(H,25,28)/t14-,15+/m0/s1. The van der Waals surface area contributed by atoms with Crippen molar-refractivity contribution >= 4 is 29.2 Å². The van der Waals surface area contributed by atoms with Crippen LogP contribution in [0.15, 0.2) is 23.4 Å². The first-order chi connectivity index (χ1) is 14.6. The Labute approximate surface area is 184 Å². The lowest BCUT2D eigenvalue weighted by molar-refractivity contribution is 0.0100. The fraction of sp³-hybridized carbons (Fsp3) is 0.579. The number of nitrogens with zero attached hydrogens (tertiary/aromatic N) is 5. The molecule has 2 aromatic heterocycles. The van der Waals surface area contributed by atoms with E-state index >= 15 is 0 Å². The summed E-state index contributed by atoms with van der Waals surface area (Å²) in [5.41, 5.74) is -0.456. The minimum atomic E-state index is -0.456. The van der Waals surface area contributed by atoms with Crippen molar-refractivity contribution in [1.82, 2.24) is 25.1 Å². The number of ether oxygens (including phenoxy) is 2. The largest absolute Gasteiger partial charge is 0.487 e. The fourth-order valence-electron chi connectivity index (χ4n) is 3.73. The Balaban J connectivity index is 1.16. The number of H-pyrrole nitrogens is 1. The van der Waals surface area contributed by atoms with Gasteiger partial charge in [0, 0.05) is 32.7 Å². The van der Waals surface area contributed by atoms with Gasteiger partial charge < -0.3 is 14.4 Å². The molecule has 0 bridgehead atoms. The van der Waals surface area contributed by atoms with Crippen molar-refractivity contribution in [2.24, 2.45) is 0 Å². The van der Waals surface area contributed by atoms with Crippen LogP contribution in [0.3, 0.4) is 0 Å². The maximum Gasteiger partial charge on any atom is 0.286 e. The molecule has 0 aromatic carbocycles. The molecule has 2 aliphatic heterocycles. The summed E-state index contributed by atoms with van der Waals surface area (Å²) >= 11 is 11.8. The van der Waals surface area contributed by atoms with Crippen molar-refractivity contribution in [2.45, 2.75) is 31.5 Å². The molecular weight excluding hydrogens is 431 g/mol. The monoisotopic (exact) mass is 454 g/mol. The first kappa shape index (κ1) is 21.3. The van der Waals surface area contributed by atoms with Gasteiger partial charge in [-0.15, -0.1) is 0 Å². The van der Waals surface area contributed by atoms with Crippen LogP contribution in [0, 0.1) is 0 Å². The second-order valence-corrected chi connectivity index (χ2v) is 8.28. The van der Waals surface area contributed by atoms with Gasteiger partial charge >= 0.3 is 0 Å². The number of hydrogen-bond donors (Lipinski definition) is 1. The molecular formula is C19H24Cl2N6O3. The fourth-order valence-corrected chi connectivity index (χ4v) is 3.98. The molecule has 4 heterocycles. The van der Waals surface area contributed by atoms with Gasteiger partial charge in [0.05, 0.1) is 35.8 Å². The molecule has 0 amide bonds. The van der Waals surface area contributed by atoms with E-state index in [1.54, 1.807) is 12.4 Å². The van der Waals surface area contributed by atoms with E-state index in [0.717, 1.165) is 57.9 Å². The zero-order chi connectivity index (χ0) is 20.9. The normalized spacial score (nSPS) is 22.4. The molecule has 2 atom stereocenters. The molecule has 30 heavy (non-hydrogen) atoms. The van der Waals surface area contributed by atoms with Crippen LogP contribution >= 0.6 is 23.2 Å². The lowest BCUT2D eigenvalue weighted by Crippen LogP contribution is -2.47. The first-order valence-corrected chi connectivity index (χ1v) is 10.8. The first-order valence-electron chi connectivity index (χ1n) is 10.0. The van der Waals surface area contributed by atoms with Gasteiger partial charge in [-0.05, 0) is 19.3 Å². The molecule has 0 saturated carbocycles. The van der Waals surface area contributed by atoms with Crippen LogP contribution in [-0.2, 0) is 4.74 Å². The summed E-state index contributed by atoms with van der Waals surface area (Å²) in [6.07, 6.45) is 7.83. The molecule has 0 spiro atoms. The highest BCUT2D eigenvalue weighted by atomic mass is 35.5. The second kappa shape index (κ2) is 9.91. The molecule has 2 fully saturated rings. The maximum absolute atomic E-state index is 11.5. The highest BCUT2D eigenvalue weighted by molar-refractivity contribution is 6.31. The lowest BCUT2D eigenvalue weighted by atomic mass is 10.1. The van der Waals surface area contributed by atoms with Crippen LogP contribution in [0.2, 0.25) is 10.0 Å². The Morgan fingerprint density at radius 2 is 1.83 bits per heavy atom. The van der Waals surface area contributed by atoms with E-state index in [-0.39, 0.29) is 23.0 Å². The third kappa shape index (κ3) is 5.40. The number of anilines is 1. The maximum atomic E-state index is 11.5. The van der Waals surface area contributed by atoms with Gasteiger partial charge in [0.25, 0.3) is 5.56 Å². The van der Waals surface area contributed by atoms with E-state index in [0.29, 0.717) is 11.6 Å².